The van der Waals surface area contributed by atoms with Gasteiger partial charge in [-0.3, -0.25) is 4.79 Å². The molecule has 0 atom stereocenters. The zero-order valence-corrected chi connectivity index (χ0v) is 12.0. The summed E-state index contributed by atoms with van der Waals surface area (Å²) in [7, 11) is 1.65. The molecule has 0 spiro atoms. The Morgan fingerprint density at radius 2 is 2.47 bits per heavy atom. The van der Waals surface area contributed by atoms with Crippen molar-refractivity contribution < 1.29 is 9.53 Å². The van der Waals surface area contributed by atoms with E-state index in [1.54, 1.807) is 13.3 Å². The summed E-state index contributed by atoms with van der Waals surface area (Å²) in [6, 6.07) is 3.75. The van der Waals surface area contributed by atoms with E-state index in [4.69, 9.17) is 4.74 Å². The molecule has 0 aliphatic rings. The lowest BCUT2D eigenvalue weighted by atomic mass is 10.4. The molecular formula is C11H15BrN2O2S. The van der Waals surface area contributed by atoms with Crippen LogP contribution in [0.2, 0.25) is 0 Å². The third kappa shape index (κ3) is 6.05. The van der Waals surface area contributed by atoms with Crippen molar-refractivity contribution in [3.05, 3.63) is 22.8 Å². The Hall–Kier alpha value is -0.590. The van der Waals surface area contributed by atoms with Gasteiger partial charge in [0.05, 0.1) is 5.75 Å². The Labute approximate surface area is 114 Å². The van der Waals surface area contributed by atoms with Crippen molar-refractivity contribution in [1.82, 2.24) is 10.3 Å². The number of thioether (sulfide) groups is 1. The molecule has 0 saturated heterocycles. The van der Waals surface area contributed by atoms with Gasteiger partial charge in [-0.05, 0) is 34.5 Å². The molecule has 17 heavy (non-hydrogen) atoms. The number of amides is 1. The highest BCUT2D eigenvalue weighted by molar-refractivity contribution is 9.10. The number of halogens is 1. The number of aromatic nitrogens is 1. The predicted molar refractivity (Wildman–Crippen MR) is 72.2 cm³/mol. The van der Waals surface area contributed by atoms with Crippen LogP contribution in [0.25, 0.3) is 0 Å². The molecule has 1 aromatic rings. The minimum atomic E-state index is 0.0173. The summed E-state index contributed by atoms with van der Waals surface area (Å²) in [5.74, 6) is 0.395. The first-order valence-corrected chi connectivity index (χ1v) is 7.01. The van der Waals surface area contributed by atoms with Gasteiger partial charge in [0, 0.05) is 30.9 Å². The fourth-order valence-electron chi connectivity index (χ4n) is 1.11. The molecule has 1 aromatic heterocycles. The number of nitrogens with one attached hydrogen (secondary N) is 1. The van der Waals surface area contributed by atoms with Crippen molar-refractivity contribution in [2.75, 3.05) is 26.0 Å². The Bertz CT molecular complexity index is 363. The molecule has 0 unspecified atom stereocenters. The number of hydrogen-bond acceptors (Lipinski definition) is 4. The number of carbonyl (C=O) groups excluding carboxylic acids is 1. The Balaban J connectivity index is 2.22. The summed E-state index contributed by atoms with van der Waals surface area (Å²) >= 11 is 4.81. The predicted octanol–water partition coefficient (Wildman–Crippen LogP) is 2.09. The second-order valence-corrected chi connectivity index (χ2v) is 5.09. The van der Waals surface area contributed by atoms with Gasteiger partial charge in [-0.1, -0.05) is 11.8 Å². The maximum atomic E-state index is 11.5. The Morgan fingerprint density at radius 1 is 1.65 bits per heavy atom. The van der Waals surface area contributed by atoms with Gasteiger partial charge < -0.3 is 10.1 Å². The largest absolute Gasteiger partial charge is 0.385 e. The van der Waals surface area contributed by atoms with Gasteiger partial charge in [-0.15, -0.1) is 0 Å². The van der Waals surface area contributed by atoms with Gasteiger partial charge in [0.1, 0.15) is 5.03 Å². The Morgan fingerprint density at radius 3 is 3.18 bits per heavy atom. The minimum Gasteiger partial charge on any atom is -0.385 e. The van der Waals surface area contributed by atoms with Crippen molar-refractivity contribution in [2.45, 2.75) is 11.4 Å². The molecule has 6 heteroatoms. The molecule has 94 valence electrons. The monoisotopic (exact) mass is 318 g/mol. The average molecular weight is 319 g/mol. The lowest BCUT2D eigenvalue weighted by Gasteiger charge is -2.05. The summed E-state index contributed by atoms with van der Waals surface area (Å²) in [5, 5.41) is 3.66. The normalized spacial score (nSPS) is 10.2. The molecule has 0 saturated carbocycles. The maximum absolute atomic E-state index is 11.5. The van der Waals surface area contributed by atoms with Crippen LogP contribution in [0, 0.1) is 0 Å². The first-order chi connectivity index (χ1) is 8.24. The first kappa shape index (κ1) is 14.5. The lowest BCUT2D eigenvalue weighted by Crippen LogP contribution is -2.26. The van der Waals surface area contributed by atoms with E-state index in [0.29, 0.717) is 18.9 Å². The number of pyridine rings is 1. The molecule has 0 radical (unpaired) electrons. The van der Waals surface area contributed by atoms with Crippen molar-refractivity contribution in [1.29, 1.82) is 0 Å². The molecule has 4 nitrogen and oxygen atoms in total. The molecular weight excluding hydrogens is 304 g/mol. The van der Waals surface area contributed by atoms with Crippen LogP contribution in [0.15, 0.2) is 27.8 Å². The van der Waals surface area contributed by atoms with Crippen LogP contribution in [0.1, 0.15) is 6.42 Å². The fourth-order valence-corrected chi connectivity index (χ4v) is 2.42. The molecule has 0 aliphatic heterocycles. The van der Waals surface area contributed by atoms with E-state index < -0.39 is 0 Å². The molecule has 1 amide bonds. The smallest absolute Gasteiger partial charge is 0.230 e. The van der Waals surface area contributed by atoms with Crippen molar-refractivity contribution >= 4 is 33.6 Å². The van der Waals surface area contributed by atoms with Gasteiger partial charge in [0.15, 0.2) is 0 Å². The van der Waals surface area contributed by atoms with Gasteiger partial charge in [-0.25, -0.2) is 4.98 Å². The summed E-state index contributed by atoms with van der Waals surface area (Å²) in [6.07, 6.45) is 2.55. The van der Waals surface area contributed by atoms with E-state index in [1.165, 1.54) is 11.8 Å². The van der Waals surface area contributed by atoms with Crippen LogP contribution < -0.4 is 5.32 Å². The van der Waals surface area contributed by atoms with E-state index in [2.05, 4.69) is 26.2 Å². The number of ether oxygens (including phenoxy) is 1. The number of carbonyl (C=O) groups is 1. The van der Waals surface area contributed by atoms with Crippen LogP contribution in [-0.4, -0.2) is 36.9 Å². The zero-order valence-electron chi connectivity index (χ0n) is 9.61. The van der Waals surface area contributed by atoms with Crippen molar-refractivity contribution in [3.8, 4) is 0 Å². The van der Waals surface area contributed by atoms with Crippen LogP contribution in [0.4, 0.5) is 0 Å². The highest BCUT2D eigenvalue weighted by atomic mass is 79.9. The molecule has 0 fully saturated rings. The van der Waals surface area contributed by atoms with Gasteiger partial charge in [0.2, 0.25) is 5.91 Å². The summed E-state index contributed by atoms with van der Waals surface area (Å²) < 4.78 is 5.81. The van der Waals surface area contributed by atoms with E-state index in [-0.39, 0.29) is 5.91 Å². The Kier molecular flexibility index (Phi) is 7.23. The molecule has 1 rings (SSSR count). The third-order valence-corrected chi connectivity index (χ3v) is 3.82. The third-order valence-electron chi connectivity index (χ3n) is 1.91. The maximum Gasteiger partial charge on any atom is 0.230 e. The number of nitrogens with zero attached hydrogens (tertiary/aromatic N) is 1. The SMILES string of the molecule is COCCCNC(=O)CSc1ncccc1Br. The van der Waals surface area contributed by atoms with Gasteiger partial charge in [0.25, 0.3) is 0 Å². The van der Waals surface area contributed by atoms with Crippen molar-refractivity contribution in [2.24, 2.45) is 0 Å². The summed E-state index contributed by atoms with van der Waals surface area (Å²) in [5.41, 5.74) is 0. The van der Waals surface area contributed by atoms with E-state index in [9.17, 15) is 4.79 Å². The summed E-state index contributed by atoms with van der Waals surface area (Å²) in [6.45, 7) is 1.32. The van der Waals surface area contributed by atoms with Gasteiger partial charge in [-0.2, -0.15) is 0 Å². The highest BCUT2D eigenvalue weighted by Gasteiger charge is 2.05. The second-order valence-electron chi connectivity index (χ2n) is 3.28. The van der Waals surface area contributed by atoms with E-state index >= 15 is 0 Å². The molecule has 0 bridgehead atoms. The first-order valence-electron chi connectivity index (χ1n) is 5.23. The second kappa shape index (κ2) is 8.49. The van der Waals surface area contributed by atoms with E-state index in [0.717, 1.165) is 15.9 Å². The van der Waals surface area contributed by atoms with Crippen LogP contribution in [0.3, 0.4) is 0 Å². The zero-order chi connectivity index (χ0) is 12.5. The van der Waals surface area contributed by atoms with Crippen molar-refractivity contribution in [3.63, 3.8) is 0 Å². The molecule has 0 aromatic carbocycles. The molecule has 1 heterocycles. The average Bonchev–Trinajstić information content (AvgIpc) is 2.34. The molecule has 0 aliphatic carbocycles. The quantitative estimate of drug-likeness (QED) is 0.618. The molecule has 1 N–H and O–H groups in total. The number of hydrogen-bond donors (Lipinski definition) is 1. The lowest BCUT2D eigenvalue weighted by molar-refractivity contribution is -0.118. The van der Waals surface area contributed by atoms with Gasteiger partial charge >= 0.3 is 0 Å². The standard InChI is InChI=1S/C11H15BrN2O2S/c1-16-7-3-6-13-10(15)8-17-11-9(12)4-2-5-14-11/h2,4-5H,3,6-8H2,1H3,(H,13,15). The van der Waals surface area contributed by atoms with Crippen LogP contribution >= 0.6 is 27.7 Å². The summed E-state index contributed by atoms with van der Waals surface area (Å²) in [4.78, 5) is 15.7. The minimum absolute atomic E-state index is 0.0173. The van der Waals surface area contributed by atoms with Crippen LogP contribution in [0.5, 0.6) is 0 Å². The topological polar surface area (TPSA) is 51.2 Å². The number of methoxy groups -OCH3 is 1. The van der Waals surface area contributed by atoms with Crippen LogP contribution in [-0.2, 0) is 9.53 Å². The number of rotatable bonds is 7. The van der Waals surface area contributed by atoms with E-state index in [1.807, 2.05) is 12.1 Å². The highest BCUT2D eigenvalue weighted by Crippen LogP contribution is 2.23. The fraction of sp³-hybridized carbons (Fsp3) is 0.455.